The Kier molecular flexibility index (Phi) is 5.72. The molecule has 174 valence electrons. The number of aromatic nitrogens is 4. The normalized spacial score (nSPS) is 45.6. The molecule has 9 atom stereocenters. The minimum Gasteiger partial charge on any atom is -0.390 e. The van der Waals surface area contributed by atoms with Gasteiger partial charge in [0.1, 0.15) is 0 Å². The van der Waals surface area contributed by atoms with Crippen LogP contribution < -0.4 is 0 Å². The highest BCUT2D eigenvalue weighted by atomic mass is 16.3. The van der Waals surface area contributed by atoms with Crippen molar-refractivity contribution in [2.75, 3.05) is 0 Å². The van der Waals surface area contributed by atoms with Crippen LogP contribution >= 0.6 is 0 Å². The van der Waals surface area contributed by atoms with Crippen molar-refractivity contribution in [3.8, 4) is 0 Å². The number of hydrogen-bond acceptors (Lipinski definition) is 4. The van der Waals surface area contributed by atoms with Crippen LogP contribution in [-0.2, 0) is 6.54 Å². The largest absolute Gasteiger partial charge is 0.390 e. The Bertz CT molecular complexity index is 779. The van der Waals surface area contributed by atoms with Crippen molar-refractivity contribution in [2.45, 2.75) is 110 Å². The molecule has 0 saturated heterocycles. The minimum absolute atomic E-state index is 0.354. The molecular formula is C26H44N4O. The zero-order chi connectivity index (χ0) is 21.8. The summed E-state index contributed by atoms with van der Waals surface area (Å²) in [5, 5.41) is 23.9. The molecule has 1 aromatic heterocycles. The number of tetrazole rings is 1. The van der Waals surface area contributed by atoms with Crippen LogP contribution in [0.5, 0.6) is 0 Å². The Morgan fingerprint density at radius 2 is 1.87 bits per heavy atom. The van der Waals surface area contributed by atoms with Gasteiger partial charge in [-0.1, -0.05) is 27.2 Å². The van der Waals surface area contributed by atoms with Gasteiger partial charge in [-0.3, -0.25) is 0 Å². The van der Waals surface area contributed by atoms with Gasteiger partial charge in [-0.2, -0.15) is 4.80 Å². The van der Waals surface area contributed by atoms with E-state index in [2.05, 4.69) is 36.2 Å². The van der Waals surface area contributed by atoms with Crippen LogP contribution in [0.2, 0.25) is 0 Å². The highest BCUT2D eigenvalue weighted by Crippen LogP contribution is 2.65. The number of nitrogens with zero attached hydrogens (tertiary/aromatic N) is 4. The number of aliphatic hydroxyl groups is 1. The maximum absolute atomic E-state index is 11.1. The Hall–Kier alpha value is -0.970. The van der Waals surface area contributed by atoms with E-state index in [1.54, 1.807) is 0 Å². The average molecular weight is 429 g/mol. The van der Waals surface area contributed by atoms with E-state index < -0.39 is 0 Å². The molecule has 5 nitrogen and oxygen atoms in total. The maximum Gasteiger partial charge on any atom is 0.171 e. The number of hydrogen-bond donors (Lipinski definition) is 1. The summed E-state index contributed by atoms with van der Waals surface area (Å²) in [6.07, 6.45) is 14.0. The molecule has 1 aromatic rings. The molecular weight excluding hydrogens is 384 g/mol. The average Bonchev–Trinajstić information content (AvgIpc) is 3.29. The molecule has 1 heterocycles. The Morgan fingerprint density at radius 1 is 1.06 bits per heavy atom. The molecule has 0 aliphatic heterocycles. The minimum atomic E-state index is -0.354. The smallest absolute Gasteiger partial charge is 0.171 e. The summed E-state index contributed by atoms with van der Waals surface area (Å²) in [5.41, 5.74) is 0.133. The topological polar surface area (TPSA) is 63.8 Å². The Morgan fingerprint density at radius 3 is 2.61 bits per heavy atom. The lowest BCUT2D eigenvalue weighted by Crippen LogP contribution is -2.51. The van der Waals surface area contributed by atoms with Gasteiger partial charge in [0.05, 0.1) is 12.1 Å². The summed E-state index contributed by atoms with van der Waals surface area (Å²) in [4.78, 5) is 1.83. The summed E-state index contributed by atoms with van der Waals surface area (Å²) in [6, 6.07) is 0. The Balaban J connectivity index is 1.28. The van der Waals surface area contributed by atoms with Crippen molar-refractivity contribution < 1.29 is 5.11 Å². The van der Waals surface area contributed by atoms with Gasteiger partial charge in [-0.25, -0.2) is 0 Å². The molecule has 4 saturated carbocycles. The van der Waals surface area contributed by atoms with E-state index in [1.165, 1.54) is 44.9 Å². The summed E-state index contributed by atoms with van der Waals surface area (Å²) in [5.74, 6) is 6.60. The van der Waals surface area contributed by atoms with E-state index in [0.29, 0.717) is 11.3 Å². The molecule has 0 aromatic carbocycles. The summed E-state index contributed by atoms with van der Waals surface area (Å²) >= 11 is 0. The van der Waals surface area contributed by atoms with Gasteiger partial charge in [0.2, 0.25) is 0 Å². The van der Waals surface area contributed by atoms with Crippen molar-refractivity contribution in [2.24, 2.45) is 46.8 Å². The van der Waals surface area contributed by atoms with Crippen molar-refractivity contribution in [3.63, 3.8) is 0 Å². The van der Waals surface area contributed by atoms with Gasteiger partial charge in [0, 0.05) is 0 Å². The summed E-state index contributed by atoms with van der Waals surface area (Å²) in [6.45, 7) is 10.1. The first-order chi connectivity index (χ1) is 14.8. The molecule has 4 aliphatic rings. The molecule has 0 radical (unpaired) electrons. The van der Waals surface area contributed by atoms with E-state index in [4.69, 9.17) is 0 Å². The van der Waals surface area contributed by atoms with E-state index in [0.717, 1.165) is 73.6 Å². The molecule has 4 fully saturated rings. The zero-order valence-electron chi connectivity index (χ0n) is 20.3. The SMILES string of the molecule is CCC[C@@]1(O)CC[C@H]2[C@H](CC[C@@H]3[C@@H]2CC[C@]2(C)[C@@H]([C@@H](C)Cn4nnc(C)n4)CC[C@@H]32)C1. The van der Waals surface area contributed by atoms with Crippen LogP contribution in [0.1, 0.15) is 97.2 Å². The maximum atomic E-state index is 11.1. The fraction of sp³-hybridized carbons (Fsp3) is 0.962. The molecule has 0 bridgehead atoms. The van der Waals surface area contributed by atoms with Crippen molar-refractivity contribution in [1.82, 2.24) is 20.2 Å². The summed E-state index contributed by atoms with van der Waals surface area (Å²) < 4.78 is 0. The molecule has 4 aliphatic carbocycles. The van der Waals surface area contributed by atoms with Gasteiger partial charge in [0.25, 0.3) is 0 Å². The van der Waals surface area contributed by atoms with Gasteiger partial charge >= 0.3 is 0 Å². The molecule has 5 rings (SSSR count). The standard InChI is InChI=1S/C26H44N4O/c1-5-12-26(31)14-11-20-19(15-26)6-7-22-21(20)10-13-25(4)23(8-9-24(22)25)17(2)16-30-28-18(3)27-29-30/h17,19-24,31H,5-16H2,1-4H3/t17-,19+,20-,21+,22+,23+,24-,25+,26+/m0/s1. The van der Waals surface area contributed by atoms with Gasteiger partial charge < -0.3 is 5.11 Å². The fourth-order valence-electron chi connectivity index (χ4n) is 9.42. The first kappa shape index (κ1) is 21.9. The second-order valence-electron chi connectivity index (χ2n) is 12.2. The Labute approximate surface area is 188 Å². The van der Waals surface area contributed by atoms with E-state index in [-0.39, 0.29) is 5.60 Å². The predicted octanol–water partition coefficient (Wildman–Crippen LogP) is 5.42. The van der Waals surface area contributed by atoms with Crippen LogP contribution in [0, 0.1) is 53.8 Å². The van der Waals surface area contributed by atoms with Crippen molar-refractivity contribution >= 4 is 0 Å². The predicted molar refractivity (Wildman–Crippen MR) is 122 cm³/mol. The first-order valence-corrected chi connectivity index (χ1v) is 13.3. The number of rotatable bonds is 5. The van der Waals surface area contributed by atoms with Crippen LogP contribution in [0.4, 0.5) is 0 Å². The van der Waals surface area contributed by atoms with Crippen molar-refractivity contribution in [1.29, 1.82) is 0 Å². The second kappa shape index (κ2) is 8.11. The van der Waals surface area contributed by atoms with Gasteiger partial charge in [-0.15, -0.1) is 10.2 Å². The third kappa shape index (κ3) is 3.77. The highest BCUT2D eigenvalue weighted by Gasteiger charge is 2.58. The number of fused-ring (bicyclic) bond motifs is 5. The third-order valence-corrected chi connectivity index (χ3v) is 10.6. The lowest BCUT2D eigenvalue weighted by atomic mass is 9.48. The van der Waals surface area contributed by atoms with E-state index in [1.807, 2.05) is 11.7 Å². The molecule has 0 amide bonds. The van der Waals surface area contributed by atoms with Crippen LogP contribution in [-0.4, -0.2) is 30.9 Å². The number of aryl methyl sites for hydroxylation is 1. The quantitative estimate of drug-likeness (QED) is 0.680. The molecule has 5 heteroatoms. The first-order valence-electron chi connectivity index (χ1n) is 13.3. The second-order valence-corrected chi connectivity index (χ2v) is 12.2. The van der Waals surface area contributed by atoms with E-state index >= 15 is 0 Å². The zero-order valence-corrected chi connectivity index (χ0v) is 20.3. The van der Waals surface area contributed by atoms with Gasteiger partial charge in [-0.05, 0) is 123 Å². The van der Waals surface area contributed by atoms with Crippen molar-refractivity contribution in [3.05, 3.63) is 5.82 Å². The molecule has 31 heavy (non-hydrogen) atoms. The molecule has 0 unspecified atom stereocenters. The lowest BCUT2D eigenvalue weighted by Gasteiger charge is -2.57. The van der Waals surface area contributed by atoms with Crippen LogP contribution in [0.3, 0.4) is 0 Å². The van der Waals surface area contributed by atoms with Crippen LogP contribution in [0.15, 0.2) is 0 Å². The fourth-order valence-corrected chi connectivity index (χ4v) is 9.42. The monoisotopic (exact) mass is 428 g/mol. The third-order valence-electron chi connectivity index (χ3n) is 10.6. The highest BCUT2D eigenvalue weighted by molar-refractivity contribution is 5.07. The van der Waals surface area contributed by atoms with Crippen LogP contribution in [0.25, 0.3) is 0 Å². The molecule has 1 N–H and O–H groups in total. The molecule has 0 spiro atoms. The van der Waals surface area contributed by atoms with E-state index in [9.17, 15) is 5.11 Å². The lowest BCUT2D eigenvalue weighted by molar-refractivity contribution is -0.110. The van der Waals surface area contributed by atoms with Gasteiger partial charge in [0.15, 0.2) is 5.82 Å². The summed E-state index contributed by atoms with van der Waals surface area (Å²) in [7, 11) is 0.